The average molecular weight is 222 g/mol. The first kappa shape index (κ1) is 11.6. The second kappa shape index (κ2) is 4.17. The Balaban J connectivity index is 2.14. The van der Waals surface area contributed by atoms with Crippen LogP contribution in [-0.2, 0) is 19.5 Å². The molecule has 0 aliphatic carbocycles. The summed E-state index contributed by atoms with van der Waals surface area (Å²) in [6, 6.07) is 0. The molecular weight excluding hydrogens is 200 g/mol. The summed E-state index contributed by atoms with van der Waals surface area (Å²) in [6.07, 6.45) is 2.11. The molecule has 2 heterocycles. The number of hydrogen-bond acceptors (Lipinski definition) is 3. The second-order valence-corrected chi connectivity index (χ2v) is 5.51. The fourth-order valence-corrected chi connectivity index (χ4v) is 2.09. The molecule has 90 valence electrons. The van der Waals surface area contributed by atoms with Crippen LogP contribution in [0, 0.1) is 0 Å². The number of nitrogens with zero attached hydrogens (tertiary/aromatic N) is 4. The fourth-order valence-electron chi connectivity index (χ4n) is 2.09. The van der Waals surface area contributed by atoms with Crippen LogP contribution in [0.5, 0.6) is 0 Å². The van der Waals surface area contributed by atoms with Gasteiger partial charge in [-0.2, -0.15) is 5.10 Å². The maximum atomic E-state index is 4.61. The molecule has 0 saturated carbocycles. The minimum Gasteiger partial charge on any atom is -0.289 e. The van der Waals surface area contributed by atoms with Crippen molar-refractivity contribution in [1.29, 1.82) is 0 Å². The first-order valence-electron chi connectivity index (χ1n) is 6.18. The van der Waals surface area contributed by atoms with Gasteiger partial charge in [0.25, 0.3) is 0 Å². The zero-order chi connectivity index (χ0) is 11.8. The summed E-state index contributed by atoms with van der Waals surface area (Å²) in [5.74, 6) is 2.14. The summed E-state index contributed by atoms with van der Waals surface area (Å²) in [4.78, 5) is 7.08. The van der Waals surface area contributed by atoms with Crippen LogP contribution in [0.3, 0.4) is 0 Å². The van der Waals surface area contributed by atoms with Crippen molar-refractivity contribution in [3.8, 4) is 0 Å². The highest BCUT2D eigenvalue weighted by Crippen LogP contribution is 2.20. The lowest BCUT2D eigenvalue weighted by Gasteiger charge is -2.37. The van der Waals surface area contributed by atoms with Gasteiger partial charge in [-0.3, -0.25) is 4.90 Å². The molecule has 1 aliphatic heterocycles. The van der Waals surface area contributed by atoms with E-state index in [4.69, 9.17) is 0 Å². The van der Waals surface area contributed by atoms with E-state index < -0.39 is 0 Å². The van der Waals surface area contributed by atoms with Crippen LogP contribution < -0.4 is 0 Å². The van der Waals surface area contributed by atoms with Crippen LogP contribution >= 0.6 is 0 Å². The van der Waals surface area contributed by atoms with Crippen LogP contribution in [0.4, 0.5) is 0 Å². The maximum absolute atomic E-state index is 4.61. The number of fused-ring (bicyclic) bond motifs is 1. The van der Waals surface area contributed by atoms with Crippen molar-refractivity contribution < 1.29 is 0 Å². The minimum absolute atomic E-state index is 0.224. The Bertz CT molecular complexity index is 362. The van der Waals surface area contributed by atoms with Crippen molar-refractivity contribution >= 4 is 0 Å². The molecule has 0 fully saturated rings. The van der Waals surface area contributed by atoms with Gasteiger partial charge in [0.15, 0.2) is 5.82 Å². The van der Waals surface area contributed by atoms with Gasteiger partial charge >= 0.3 is 0 Å². The van der Waals surface area contributed by atoms with Crippen molar-refractivity contribution in [1.82, 2.24) is 19.7 Å². The van der Waals surface area contributed by atoms with E-state index in [1.54, 1.807) is 0 Å². The summed E-state index contributed by atoms with van der Waals surface area (Å²) >= 11 is 0. The first-order valence-corrected chi connectivity index (χ1v) is 6.18. The Morgan fingerprint density at radius 1 is 1.25 bits per heavy atom. The molecular formula is C12H22N4. The smallest absolute Gasteiger partial charge is 0.151 e. The third-order valence-electron chi connectivity index (χ3n) is 3.13. The van der Waals surface area contributed by atoms with Gasteiger partial charge in [0.2, 0.25) is 0 Å². The second-order valence-electron chi connectivity index (χ2n) is 5.51. The zero-order valence-electron chi connectivity index (χ0n) is 10.8. The summed E-state index contributed by atoms with van der Waals surface area (Å²) in [6.45, 7) is 11.9. The van der Waals surface area contributed by atoms with Gasteiger partial charge < -0.3 is 0 Å². The molecule has 1 aromatic rings. The highest BCUT2D eigenvalue weighted by Gasteiger charge is 2.27. The molecule has 1 aliphatic rings. The Labute approximate surface area is 97.7 Å². The normalized spacial score (nSPS) is 17.5. The number of aryl methyl sites for hydroxylation is 1. The average Bonchev–Trinajstić information content (AvgIpc) is 2.57. The molecule has 1 aromatic heterocycles. The van der Waals surface area contributed by atoms with Crippen molar-refractivity contribution in [2.45, 2.75) is 59.2 Å². The minimum atomic E-state index is 0.224. The van der Waals surface area contributed by atoms with Crippen molar-refractivity contribution in [2.75, 3.05) is 6.54 Å². The Kier molecular flexibility index (Phi) is 3.02. The van der Waals surface area contributed by atoms with Gasteiger partial charge in [0.1, 0.15) is 5.82 Å². The molecule has 0 spiro atoms. The van der Waals surface area contributed by atoms with E-state index in [0.717, 1.165) is 44.1 Å². The molecule has 2 rings (SSSR count). The SMILES string of the molecule is CCCc1nc2n(n1)CCN(C(C)(C)C)C2. The quantitative estimate of drug-likeness (QED) is 0.765. The molecule has 0 aromatic carbocycles. The predicted octanol–water partition coefficient (Wildman–Crippen LogP) is 1.84. The van der Waals surface area contributed by atoms with E-state index in [-0.39, 0.29) is 5.54 Å². The Morgan fingerprint density at radius 2 is 2.00 bits per heavy atom. The maximum Gasteiger partial charge on any atom is 0.151 e. The van der Waals surface area contributed by atoms with E-state index in [2.05, 4.69) is 47.4 Å². The summed E-state index contributed by atoms with van der Waals surface area (Å²) in [5, 5.41) is 4.54. The lowest BCUT2D eigenvalue weighted by atomic mass is 10.1. The molecule has 4 nitrogen and oxygen atoms in total. The zero-order valence-corrected chi connectivity index (χ0v) is 10.8. The van der Waals surface area contributed by atoms with Gasteiger partial charge in [-0.1, -0.05) is 6.92 Å². The van der Waals surface area contributed by atoms with E-state index in [1.807, 2.05) is 0 Å². The monoisotopic (exact) mass is 222 g/mol. The molecule has 0 atom stereocenters. The van der Waals surface area contributed by atoms with Crippen molar-refractivity contribution in [2.24, 2.45) is 0 Å². The molecule has 4 heteroatoms. The fraction of sp³-hybridized carbons (Fsp3) is 0.833. The number of rotatable bonds is 2. The molecule has 0 amide bonds. The van der Waals surface area contributed by atoms with Gasteiger partial charge in [0, 0.05) is 18.5 Å². The highest BCUT2D eigenvalue weighted by molar-refractivity contribution is 4.98. The first-order chi connectivity index (χ1) is 7.50. The van der Waals surface area contributed by atoms with E-state index in [9.17, 15) is 0 Å². The number of aromatic nitrogens is 3. The largest absolute Gasteiger partial charge is 0.289 e. The predicted molar refractivity (Wildman–Crippen MR) is 64.2 cm³/mol. The van der Waals surface area contributed by atoms with Crippen molar-refractivity contribution in [3.05, 3.63) is 11.6 Å². The number of hydrogen-bond donors (Lipinski definition) is 0. The van der Waals surface area contributed by atoms with Gasteiger partial charge in [-0.05, 0) is 27.2 Å². The third kappa shape index (κ3) is 2.26. The third-order valence-corrected chi connectivity index (χ3v) is 3.13. The van der Waals surface area contributed by atoms with Crippen LogP contribution in [0.2, 0.25) is 0 Å². The Morgan fingerprint density at radius 3 is 2.62 bits per heavy atom. The van der Waals surface area contributed by atoms with Crippen LogP contribution in [-0.4, -0.2) is 31.7 Å². The molecule has 0 radical (unpaired) electrons. The topological polar surface area (TPSA) is 34.0 Å². The van der Waals surface area contributed by atoms with Gasteiger partial charge in [-0.15, -0.1) is 0 Å². The Hall–Kier alpha value is -0.900. The molecule has 0 saturated heterocycles. The van der Waals surface area contributed by atoms with Crippen LogP contribution in [0.25, 0.3) is 0 Å². The van der Waals surface area contributed by atoms with E-state index >= 15 is 0 Å². The molecule has 0 unspecified atom stereocenters. The summed E-state index contributed by atoms with van der Waals surface area (Å²) < 4.78 is 2.08. The molecule has 16 heavy (non-hydrogen) atoms. The van der Waals surface area contributed by atoms with Gasteiger partial charge in [-0.25, -0.2) is 9.67 Å². The highest BCUT2D eigenvalue weighted by atomic mass is 15.4. The lowest BCUT2D eigenvalue weighted by molar-refractivity contribution is 0.0967. The standard InChI is InChI=1S/C12H22N4/c1-5-6-10-13-11-9-15(12(2,3)4)7-8-16(11)14-10/h5-9H2,1-4H3. The van der Waals surface area contributed by atoms with Gasteiger partial charge in [0.05, 0.1) is 13.1 Å². The lowest BCUT2D eigenvalue weighted by Crippen LogP contribution is -2.46. The molecule has 0 N–H and O–H groups in total. The van der Waals surface area contributed by atoms with E-state index in [1.165, 1.54) is 0 Å². The van der Waals surface area contributed by atoms with Crippen LogP contribution in [0.15, 0.2) is 0 Å². The van der Waals surface area contributed by atoms with Crippen LogP contribution in [0.1, 0.15) is 45.8 Å². The van der Waals surface area contributed by atoms with E-state index in [0.29, 0.717) is 0 Å². The summed E-state index contributed by atoms with van der Waals surface area (Å²) in [7, 11) is 0. The molecule has 0 bridgehead atoms. The van der Waals surface area contributed by atoms with Crippen molar-refractivity contribution in [3.63, 3.8) is 0 Å². The summed E-state index contributed by atoms with van der Waals surface area (Å²) in [5.41, 5.74) is 0.224.